The Labute approximate surface area is 168 Å². The SMILES string of the molecule is Cc1c(C(=O)C(N)=O)c2c(OCC(=O)O)cccc2n1Cc1cccc(Br)c1. The van der Waals surface area contributed by atoms with E-state index in [0.29, 0.717) is 23.1 Å². The van der Waals surface area contributed by atoms with Crippen LogP contribution in [-0.4, -0.2) is 33.9 Å². The van der Waals surface area contributed by atoms with E-state index in [1.54, 1.807) is 25.1 Å². The lowest BCUT2D eigenvalue weighted by atomic mass is 10.1. The van der Waals surface area contributed by atoms with Crippen LogP contribution in [0.2, 0.25) is 0 Å². The second-order valence-electron chi connectivity index (χ2n) is 6.20. The van der Waals surface area contributed by atoms with E-state index in [-0.39, 0.29) is 11.3 Å². The van der Waals surface area contributed by atoms with Crippen LogP contribution in [0.4, 0.5) is 0 Å². The summed E-state index contributed by atoms with van der Waals surface area (Å²) >= 11 is 3.44. The van der Waals surface area contributed by atoms with Crippen LogP contribution in [0, 0.1) is 6.92 Å². The van der Waals surface area contributed by atoms with Crippen molar-refractivity contribution in [1.82, 2.24) is 4.57 Å². The van der Waals surface area contributed by atoms with Gasteiger partial charge in [0.25, 0.3) is 11.7 Å². The Morgan fingerprint density at radius 3 is 2.54 bits per heavy atom. The molecule has 0 saturated heterocycles. The second-order valence-corrected chi connectivity index (χ2v) is 7.12. The molecule has 28 heavy (non-hydrogen) atoms. The molecule has 0 fully saturated rings. The van der Waals surface area contributed by atoms with E-state index >= 15 is 0 Å². The van der Waals surface area contributed by atoms with Crippen molar-refractivity contribution in [3.63, 3.8) is 0 Å². The van der Waals surface area contributed by atoms with Crippen molar-refractivity contribution in [3.05, 3.63) is 63.8 Å². The highest BCUT2D eigenvalue weighted by atomic mass is 79.9. The number of Topliss-reactive ketones (excluding diaryl/α,β-unsaturated/α-hetero) is 1. The lowest BCUT2D eigenvalue weighted by Gasteiger charge is -2.10. The predicted octanol–water partition coefficient (Wildman–Crippen LogP) is 2.89. The Morgan fingerprint density at radius 1 is 1.18 bits per heavy atom. The molecule has 0 atom stereocenters. The molecule has 2 aromatic carbocycles. The van der Waals surface area contributed by atoms with Gasteiger partial charge in [-0.3, -0.25) is 9.59 Å². The van der Waals surface area contributed by atoms with E-state index in [1.165, 1.54) is 0 Å². The van der Waals surface area contributed by atoms with Gasteiger partial charge in [-0.15, -0.1) is 0 Å². The van der Waals surface area contributed by atoms with Gasteiger partial charge in [0.1, 0.15) is 5.75 Å². The number of ketones is 1. The van der Waals surface area contributed by atoms with Crippen LogP contribution in [0.5, 0.6) is 5.75 Å². The molecule has 1 amide bonds. The average molecular weight is 445 g/mol. The third kappa shape index (κ3) is 3.77. The van der Waals surface area contributed by atoms with Crippen molar-refractivity contribution in [3.8, 4) is 5.75 Å². The zero-order valence-corrected chi connectivity index (χ0v) is 16.5. The summed E-state index contributed by atoms with van der Waals surface area (Å²) in [6.07, 6.45) is 0. The summed E-state index contributed by atoms with van der Waals surface area (Å²) in [5, 5.41) is 9.29. The quantitative estimate of drug-likeness (QED) is 0.429. The molecule has 0 radical (unpaired) electrons. The summed E-state index contributed by atoms with van der Waals surface area (Å²) in [6, 6.07) is 12.7. The Kier molecular flexibility index (Phi) is 5.51. The number of hydrogen-bond acceptors (Lipinski definition) is 4. The maximum absolute atomic E-state index is 12.5. The minimum absolute atomic E-state index is 0.124. The fourth-order valence-corrected chi connectivity index (χ4v) is 3.62. The molecule has 0 aliphatic carbocycles. The molecule has 0 saturated carbocycles. The molecule has 7 nitrogen and oxygen atoms in total. The molecule has 3 aromatic rings. The fourth-order valence-electron chi connectivity index (χ4n) is 3.17. The van der Waals surface area contributed by atoms with Gasteiger partial charge < -0.3 is 20.1 Å². The van der Waals surface area contributed by atoms with Crippen LogP contribution in [0.25, 0.3) is 10.9 Å². The van der Waals surface area contributed by atoms with Crippen molar-refractivity contribution in [1.29, 1.82) is 0 Å². The molecule has 144 valence electrons. The molecular weight excluding hydrogens is 428 g/mol. The summed E-state index contributed by atoms with van der Waals surface area (Å²) in [5.74, 6) is -2.87. The summed E-state index contributed by atoms with van der Waals surface area (Å²) in [5.41, 5.74) is 7.53. The van der Waals surface area contributed by atoms with Crippen LogP contribution >= 0.6 is 15.9 Å². The topological polar surface area (TPSA) is 112 Å². The van der Waals surface area contributed by atoms with E-state index < -0.39 is 24.3 Å². The summed E-state index contributed by atoms with van der Waals surface area (Å²) in [4.78, 5) is 35.0. The van der Waals surface area contributed by atoms with Gasteiger partial charge >= 0.3 is 5.97 Å². The second kappa shape index (κ2) is 7.85. The average Bonchev–Trinajstić information content (AvgIpc) is 2.91. The highest BCUT2D eigenvalue weighted by molar-refractivity contribution is 9.10. The van der Waals surface area contributed by atoms with Crippen molar-refractivity contribution in [2.24, 2.45) is 5.73 Å². The highest BCUT2D eigenvalue weighted by Gasteiger charge is 2.26. The van der Waals surface area contributed by atoms with Crippen LogP contribution in [0.1, 0.15) is 21.6 Å². The van der Waals surface area contributed by atoms with Crippen LogP contribution in [0.15, 0.2) is 46.9 Å². The monoisotopic (exact) mass is 444 g/mol. The Balaban J connectivity index is 2.23. The van der Waals surface area contributed by atoms with Crippen molar-refractivity contribution in [2.75, 3.05) is 6.61 Å². The number of carboxylic acids is 1. The lowest BCUT2D eigenvalue weighted by Crippen LogP contribution is -2.24. The molecule has 0 spiro atoms. The minimum atomic E-state index is -1.15. The van der Waals surface area contributed by atoms with Gasteiger partial charge in [0.05, 0.1) is 16.5 Å². The number of nitrogens with two attached hydrogens (primary N) is 1. The summed E-state index contributed by atoms with van der Waals surface area (Å²) in [6.45, 7) is 1.59. The largest absolute Gasteiger partial charge is 0.481 e. The van der Waals surface area contributed by atoms with Crippen molar-refractivity contribution in [2.45, 2.75) is 13.5 Å². The number of nitrogens with zero attached hydrogens (tertiary/aromatic N) is 1. The smallest absolute Gasteiger partial charge is 0.341 e. The fraction of sp³-hybridized carbons (Fsp3) is 0.150. The first-order valence-electron chi connectivity index (χ1n) is 8.34. The lowest BCUT2D eigenvalue weighted by molar-refractivity contribution is -0.139. The zero-order chi connectivity index (χ0) is 20.4. The van der Waals surface area contributed by atoms with Gasteiger partial charge in [0, 0.05) is 16.7 Å². The number of hydrogen-bond donors (Lipinski definition) is 2. The number of carbonyl (C=O) groups excluding carboxylic acids is 2. The number of halogens is 1. The number of benzene rings is 2. The van der Waals surface area contributed by atoms with E-state index in [4.69, 9.17) is 15.6 Å². The third-order valence-corrected chi connectivity index (χ3v) is 4.84. The first-order valence-corrected chi connectivity index (χ1v) is 9.14. The number of amides is 1. The Hall–Kier alpha value is -3.13. The molecule has 8 heteroatoms. The molecule has 0 unspecified atom stereocenters. The molecule has 1 heterocycles. The summed E-state index contributed by atoms with van der Waals surface area (Å²) in [7, 11) is 0. The number of ether oxygens (including phenoxy) is 1. The number of fused-ring (bicyclic) bond motifs is 1. The summed E-state index contributed by atoms with van der Waals surface area (Å²) < 4.78 is 8.15. The normalized spacial score (nSPS) is 10.8. The molecule has 0 aliphatic rings. The zero-order valence-electron chi connectivity index (χ0n) is 14.9. The van der Waals surface area contributed by atoms with Gasteiger partial charge in [-0.25, -0.2) is 4.79 Å². The molecule has 3 rings (SSSR count). The molecule has 3 N–H and O–H groups in total. The first-order chi connectivity index (χ1) is 13.3. The van der Waals surface area contributed by atoms with E-state index in [2.05, 4.69) is 15.9 Å². The van der Waals surface area contributed by atoms with Crippen LogP contribution in [-0.2, 0) is 16.1 Å². The van der Waals surface area contributed by atoms with Gasteiger partial charge in [0.15, 0.2) is 6.61 Å². The minimum Gasteiger partial charge on any atom is -0.481 e. The number of primary amides is 1. The highest BCUT2D eigenvalue weighted by Crippen LogP contribution is 2.34. The molecule has 0 bridgehead atoms. The molecule has 0 aliphatic heterocycles. The number of rotatable bonds is 7. The maximum atomic E-state index is 12.5. The van der Waals surface area contributed by atoms with Crippen LogP contribution < -0.4 is 10.5 Å². The van der Waals surface area contributed by atoms with Gasteiger partial charge in [-0.05, 0) is 36.8 Å². The van der Waals surface area contributed by atoms with Gasteiger partial charge in [0.2, 0.25) is 0 Å². The van der Waals surface area contributed by atoms with Crippen molar-refractivity contribution < 1.29 is 24.2 Å². The Bertz CT molecular complexity index is 1100. The van der Waals surface area contributed by atoms with E-state index in [9.17, 15) is 14.4 Å². The number of aromatic nitrogens is 1. The maximum Gasteiger partial charge on any atom is 0.341 e. The number of carboxylic acid groups (broad SMARTS) is 1. The van der Waals surface area contributed by atoms with Gasteiger partial charge in [-0.1, -0.05) is 34.1 Å². The standard InChI is InChI=1S/C20H17BrN2O5/c1-11-17(19(26)20(22)27)18-14(6-3-7-15(18)28-10-16(24)25)23(11)9-12-4-2-5-13(21)8-12/h2-8H,9-10H2,1H3,(H2,22,27)(H,24,25). The predicted molar refractivity (Wildman–Crippen MR) is 107 cm³/mol. The van der Waals surface area contributed by atoms with Gasteiger partial charge in [-0.2, -0.15) is 0 Å². The van der Waals surface area contributed by atoms with Crippen molar-refractivity contribution >= 4 is 44.5 Å². The molecular formula is C20H17BrN2O5. The van der Waals surface area contributed by atoms with E-state index in [0.717, 1.165) is 10.0 Å². The van der Waals surface area contributed by atoms with Crippen LogP contribution in [0.3, 0.4) is 0 Å². The first kappa shape index (κ1) is 19.6. The van der Waals surface area contributed by atoms with E-state index in [1.807, 2.05) is 28.8 Å². The number of aliphatic carboxylic acids is 1. The number of carbonyl (C=O) groups is 3. The molecule has 1 aromatic heterocycles. The third-order valence-electron chi connectivity index (χ3n) is 4.34. The Morgan fingerprint density at radius 2 is 1.89 bits per heavy atom.